The van der Waals surface area contributed by atoms with Crippen molar-refractivity contribution >= 4 is 5.91 Å². The second-order valence-electron chi connectivity index (χ2n) is 4.26. The molecule has 1 heterocycles. The second kappa shape index (κ2) is 6.55. The fourth-order valence-electron chi connectivity index (χ4n) is 1.82. The van der Waals surface area contributed by atoms with Crippen LogP contribution in [0, 0.1) is 17.8 Å². The van der Waals surface area contributed by atoms with Gasteiger partial charge < -0.3 is 4.90 Å². The number of likely N-dealkylation sites (tertiary alicyclic amines) is 1. The first-order valence-corrected chi connectivity index (χ1v) is 6.15. The van der Waals surface area contributed by atoms with Gasteiger partial charge in [0.1, 0.15) is 0 Å². The molecule has 0 bridgehead atoms. The number of carbonyl (C=O) groups excluding carboxylic acids is 1. The summed E-state index contributed by atoms with van der Waals surface area (Å²) < 4.78 is 0. The van der Waals surface area contributed by atoms with Crippen molar-refractivity contribution in [1.29, 1.82) is 0 Å². The lowest BCUT2D eigenvalue weighted by Gasteiger charge is -2.14. The molecule has 1 atom stereocenters. The van der Waals surface area contributed by atoms with Crippen LogP contribution in [0.1, 0.15) is 27.2 Å². The summed E-state index contributed by atoms with van der Waals surface area (Å²) in [5, 5.41) is 0. The van der Waals surface area contributed by atoms with Gasteiger partial charge in [0, 0.05) is 12.5 Å². The summed E-state index contributed by atoms with van der Waals surface area (Å²) in [7, 11) is 0. The zero-order valence-electron chi connectivity index (χ0n) is 10.6. The van der Waals surface area contributed by atoms with Gasteiger partial charge in [0.15, 0.2) is 0 Å². The normalized spacial score (nSPS) is 20.1. The highest BCUT2D eigenvalue weighted by molar-refractivity contribution is 5.80. The third-order valence-corrected chi connectivity index (χ3v) is 3.16. The Bertz CT molecular complexity index is 286. The maximum Gasteiger partial charge on any atom is 0.226 e. The fourth-order valence-corrected chi connectivity index (χ4v) is 1.82. The van der Waals surface area contributed by atoms with E-state index in [1.165, 1.54) is 0 Å². The van der Waals surface area contributed by atoms with Gasteiger partial charge in [0.2, 0.25) is 5.91 Å². The Labute approximate surface area is 98.8 Å². The largest absolute Gasteiger partial charge is 0.331 e. The van der Waals surface area contributed by atoms with E-state index in [1.54, 1.807) is 0 Å². The molecule has 3 nitrogen and oxygen atoms in total. The highest BCUT2D eigenvalue weighted by Gasteiger charge is 2.26. The van der Waals surface area contributed by atoms with E-state index in [0.717, 1.165) is 32.6 Å². The van der Waals surface area contributed by atoms with Gasteiger partial charge in [-0.05, 0) is 19.5 Å². The SMILES string of the molecule is CCN(CC)CC#CCN1CCC(C)C1=O. The van der Waals surface area contributed by atoms with E-state index in [9.17, 15) is 4.79 Å². The molecule has 90 valence electrons. The van der Waals surface area contributed by atoms with Gasteiger partial charge in [0.05, 0.1) is 13.1 Å². The van der Waals surface area contributed by atoms with Crippen LogP contribution in [0.15, 0.2) is 0 Å². The van der Waals surface area contributed by atoms with E-state index in [4.69, 9.17) is 0 Å². The topological polar surface area (TPSA) is 23.6 Å². The number of rotatable bonds is 4. The van der Waals surface area contributed by atoms with E-state index in [2.05, 4.69) is 30.6 Å². The van der Waals surface area contributed by atoms with Gasteiger partial charge in [-0.15, -0.1) is 0 Å². The van der Waals surface area contributed by atoms with Crippen molar-refractivity contribution in [1.82, 2.24) is 9.80 Å². The molecule has 0 saturated carbocycles. The molecule has 1 saturated heterocycles. The van der Waals surface area contributed by atoms with Gasteiger partial charge in [-0.3, -0.25) is 9.69 Å². The van der Waals surface area contributed by atoms with Crippen molar-refractivity contribution in [3.8, 4) is 11.8 Å². The van der Waals surface area contributed by atoms with Gasteiger partial charge in [0.25, 0.3) is 0 Å². The van der Waals surface area contributed by atoms with E-state index in [1.807, 2.05) is 11.8 Å². The molecule has 0 radical (unpaired) electrons. The minimum absolute atomic E-state index is 0.199. The van der Waals surface area contributed by atoms with Crippen LogP contribution < -0.4 is 0 Å². The molecule has 0 aromatic rings. The molecule has 1 rings (SSSR count). The van der Waals surface area contributed by atoms with Crippen molar-refractivity contribution in [2.45, 2.75) is 27.2 Å². The molecule has 3 heteroatoms. The predicted octanol–water partition coefficient (Wildman–Crippen LogP) is 1.20. The average Bonchev–Trinajstić information content (AvgIpc) is 2.61. The number of hydrogen-bond acceptors (Lipinski definition) is 2. The number of amides is 1. The van der Waals surface area contributed by atoms with Crippen LogP contribution in [0.5, 0.6) is 0 Å². The van der Waals surface area contributed by atoms with E-state index in [0.29, 0.717) is 6.54 Å². The smallest absolute Gasteiger partial charge is 0.226 e. The molecular weight excluding hydrogens is 200 g/mol. The van der Waals surface area contributed by atoms with Crippen LogP contribution in [0.4, 0.5) is 0 Å². The molecule has 0 aromatic carbocycles. The molecule has 0 spiro atoms. The Balaban J connectivity index is 2.29. The van der Waals surface area contributed by atoms with E-state index >= 15 is 0 Å². The molecular formula is C13H22N2O. The fraction of sp³-hybridized carbons (Fsp3) is 0.769. The van der Waals surface area contributed by atoms with E-state index in [-0.39, 0.29) is 11.8 Å². The summed E-state index contributed by atoms with van der Waals surface area (Å²) >= 11 is 0. The predicted molar refractivity (Wildman–Crippen MR) is 65.9 cm³/mol. The highest BCUT2D eigenvalue weighted by atomic mass is 16.2. The zero-order chi connectivity index (χ0) is 12.0. The lowest BCUT2D eigenvalue weighted by Crippen LogP contribution is -2.27. The first-order valence-electron chi connectivity index (χ1n) is 6.15. The van der Waals surface area contributed by atoms with Gasteiger partial charge >= 0.3 is 0 Å². The van der Waals surface area contributed by atoms with Crippen LogP contribution in [0.25, 0.3) is 0 Å². The van der Waals surface area contributed by atoms with Crippen molar-refractivity contribution < 1.29 is 4.79 Å². The van der Waals surface area contributed by atoms with Gasteiger partial charge in [-0.2, -0.15) is 0 Å². The van der Waals surface area contributed by atoms with Crippen molar-refractivity contribution in [2.24, 2.45) is 5.92 Å². The van der Waals surface area contributed by atoms with Crippen LogP contribution >= 0.6 is 0 Å². The molecule has 1 fully saturated rings. The standard InChI is InChI=1S/C13H22N2O/c1-4-14(5-2)9-6-7-10-15-11-8-12(3)13(15)16/h12H,4-5,8-11H2,1-3H3. The summed E-state index contributed by atoms with van der Waals surface area (Å²) in [6.07, 6.45) is 0.983. The maximum atomic E-state index is 11.6. The maximum absolute atomic E-state index is 11.6. The minimum atomic E-state index is 0.199. The summed E-state index contributed by atoms with van der Waals surface area (Å²) in [4.78, 5) is 15.7. The zero-order valence-corrected chi connectivity index (χ0v) is 10.6. The Kier molecular flexibility index (Phi) is 5.34. The lowest BCUT2D eigenvalue weighted by atomic mass is 10.1. The summed E-state index contributed by atoms with van der Waals surface area (Å²) in [6.45, 7) is 10.6. The monoisotopic (exact) mass is 222 g/mol. The van der Waals surface area contributed by atoms with Crippen LogP contribution in [0.3, 0.4) is 0 Å². The summed E-state index contributed by atoms with van der Waals surface area (Å²) in [5.74, 6) is 6.68. The van der Waals surface area contributed by atoms with Crippen molar-refractivity contribution in [3.63, 3.8) is 0 Å². The summed E-state index contributed by atoms with van der Waals surface area (Å²) in [6, 6.07) is 0. The second-order valence-corrected chi connectivity index (χ2v) is 4.26. The van der Waals surface area contributed by atoms with Crippen LogP contribution in [-0.4, -0.2) is 48.4 Å². The molecule has 1 unspecified atom stereocenters. The molecule has 0 N–H and O–H groups in total. The number of hydrogen-bond donors (Lipinski definition) is 0. The molecule has 16 heavy (non-hydrogen) atoms. The van der Waals surface area contributed by atoms with E-state index < -0.39 is 0 Å². The Hall–Kier alpha value is -1.01. The minimum Gasteiger partial charge on any atom is -0.331 e. The van der Waals surface area contributed by atoms with Gasteiger partial charge in [-0.1, -0.05) is 32.6 Å². The first-order chi connectivity index (χ1) is 7.69. The van der Waals surface area contributed by atoms with Gasteiger partial charge in [-0.25, -0.2) is 0 Å². The third kappa shape index (κ3) is 3.53. The molecule has 1 amide bonds. The molecule has 0 aromatic heterocycles. The average molecular weight is 222 g/mol. The number of nitrogens with zero attached hydrogens (tertiary/aromatic N) is 2. The molecule has 1 aliphatic heterocycles. The quantitative estimate of drug-likeness (QED) is 0.667. The Morgan fingerprint density at radius 1 is 1.38 bits per heavy atom. The lowest BCUT2D eigenvalue weighted by molar-refractivity contribution is -0.129. The Morgan fingerprint density at radius 3 is 2.56 bits per heavy atom. The first kappa shape index (κ1) is 13.1. The highest BCUT2D eigenvalue weighted by Crippen LogP contribution is 2.15. The molecule has 0 aliphatic carbocycles. The van der Waals surface area contributed by atoms with Crippen LogP contribution in [-0.2, 0) is 4.79 Å². The number of carbonyl (C=O) groups is 1. The third-order valence-electron chi connectivity index (χ3n) is 3.16. The van der Waals surface area contributed by atoms with Crippen molar-refractivity contribution in [2.75, 3.05) is 32.7 Å². The van der Waals surface area contributed by atoms with Crippen LogP contribution in [0.2, 0.25) is 0 Å². The molecule has 1 aliphatic rings. The van der Waals surface area contributed by atoms with Crippen molar-refractivity contribution in [3.05, 3.63) is 0 Å². The summed E-state index contributed by atoms with van der Waals surface area (Å²) in [5.41, 5.74) is 0. The Morgan fingerprint density at radius 2 is 2.06 bits per heavy atom.